The Morgan fingerprint density at radius 2 is 1.91 bits per heavy atom. The maximum atomic E-state index is 12.2. The van der Waals surface area contributed by atoms with Crippen molar-refractivity contribution in [1.82, 2.24) is 10.6 Å². The predicted octanol–water partition coefficient (Wildman–Crippen LogP) is 1.75. The van der Waals surface area contributed by atoms with Crippen molar-refractivity contribution in [3.8, 4) is 11.5 Å². The summed E-state index contributed by atoms with van der Waals surface area (Å²) < 4.78 is 10.5. The van der Waals surface area contributed by atoms with Gasteiger partial charge in [-0.25, -0.2) is 0 Å². The van der Waals surface area contributed by atoms with Gasteiger partial charge in [-0.15, -0.1) is 0 Å². The van der Waals surface area contributed by atoms with Crippen LogP contribution in [0, 0.1) is 5.92 Å². The highest BCUT2D eigenvalue weighted by Crippen LogP contribution is 2.22. The average molecular weight is 306 g/mol. The summed E-state index contributed by atoms with van der Waals surface area (Å²) in [5.74, 6) is 1.87. The molecule has 0 aliphatic carbocycles. The van der Waals surface area contributed by atoms with Crippen molar-refractivity contribution in [3.05, 3.63) is 23.8 Å². The molecule has 2 N–H and O–H groups in total. The second-order valence-corrected chi connectivity index (χ2v) is 5.64. The van der Waals surface area contributed by atoms with Crippen molar-refractivity contribution in [2.75, 3.05) is 33.9 Å². The first kappa shape index (κ1) is 16.6. The molecular weight excluding hydrogens is 280 g/mol. The number of nitrogens with one attached hydrogen (secondary N) is 2. The molecule has 1 aromatic rings. The molecule has 0 unspecified atom stereocenters. The highest BCUT2D eigenvalue weighted by atomic mass is 16.5. The molecule has 0 radical (unpaired) electrons. The van der Waals surface area contributed by atoms with Gasteiger partial charge in [-0.3, -0.25) is 4.79 Å². The molecule has 5 heteroatoms. The minimum absolute atomic E-state index is 0.148. The van der Waals surface area contributed by atoms with Crippen molar-refractivity contribution in [1.29, 1.82) is 0 Å². The Hall–Kier alpha value is -1.75. The minimum Gasteiger partial charge on any atom is -0.497 e. The van der Waals surface area contributed by atoms with Crippen LogP contribution < -0.4 is 20.1 Å². The maximum Gasteiger partial charge on any atom is 0.223 e. The highest BCUT2D eigenvalue weighted by molar-refractivity contribution is 5.78. The van der Waals surface area contributed by atoms with E-state index in [1.54, 1.807) is 14.2 Å². The summed E-state index contributed by atoms with van der Waals surface area (Å²) in [6.07, 6.45) is 3.75. The van der Waals surface area contributed by atoms with E-state index in [4.69, 9.17) is 9.47 Å². The lowest BCUT2D eigenvalue weighted by Gasteiger charge is -2.14. The van der Waals surface area contributed by atoms with E-state index in [2.05, 4.69) is 10.6 Å². The van der Waals surface area contributed by atoms with Crippen LogP contribution >= 0.6 is 0 Å². The molecule has 0 aromatic heterocycles. The molecule has 22 heavy (non-hydrogen) atoms. The quantitative estimate of drug-likeness (QED) is 0.841. The summed E-state index contributed by atoms with van der Waals surface area (Å²) in [4.78, 5) is 12.2. The van der Waals surface area contributed by atoms with E-state index in [9.17, 15) is 4.79 Å². The molecule has 122 valence electrons. The molecule has 1 heterocycles. The van der Waals surface area contributed by atoms with Crippen LogP contribution in [0.1, 0.15) is 24.8 Å². The molecule has 1 amide bonds. The smallest absolute Gasteiger partial charge is 0.223 e. The number of ether oxygens (including phenoxy) is 2. The minimum atomic E-state index is 0.148. The van der Waals surface area contributed by atoms with Crippen molar-refractivity contribution in [3.63, 3.8) is 0 Å². The van der Waals surface area contributed by atoms with Crippen molar-refractivity contribution < 1.29 is 14.3 Å². The SMILES string of the molecule is COc1cc(CCNC(=O)[C@H]2CCCNCC2)cc(OC)c1. The van der Waals surface area contributed by atoms with E-state index in [1.807, 2.05) is 18.2 Å². The predicted molar refractivity (Wildman–Crippen MR) is 86.5 cm³/mol. The summed E-state index contributed by atoms with van der Waals surface area (Å²) in [5, 5.41) is 6.39. The Labute approximate surface area is 132 Å². The van der Waals surface area contributed by atoms with Crippen LogP contribution in [-0.2, 0) is 11.2 Å². The molecule has 0 bridgehead atoms. The van der Waals surface area contributed by atoms with E-state index in [0.29, 0.717) is 6.54 Å². The zero-order chi connectivity index (χ0) is 15.8. The number of benzene rings is 1. The van der Waals surface area contributed by atoms with E-state index in [0.717, 1.165) is 55.8 Å². The Balaban J connectivity index is 1.83. The highest BCUT2D eigenvalue weighted by Gasteiger charge is 2.19. The second kappa shape index (κ2) is 8.63. The fourth-order valence-corrected chi connectivity index (χ4v) is 2.77. The van der Waals surface area contributed by atoms with Crippen LogP contribution in [0.4, 0.5) is 0 Å². The molecule has 2 rings (SSSR count). The van der Waals surface area contributed by atoms with Gasteiger partial charge < -0.3 is 20.1 Å². The first-order valence-electron chi connectivity index (χ1n) is 7.93. The summed E-state index contributed by atoms with van der Waals surface area (Å²) >= 11 is 0. The third-order valence-corrected chi connectivity index (χ3v) is 4.07. The third-order valence-electron chi connectivity index (χ3n) is 4.07. The summed E-state index contributed by atoms with van der Waals surface area (Å²) in [7, 11) is 3.28. The van der Waals surface area contributed by atoms with Gasteiger partial charge in [0, 0.05) is 18.5 Å². The molecule has 1 fully saturated rings. The fraction of sp³-hybridized carbons (Fsp3) is 0.588. The molecule has 0 saturated carbocycles. The van der Waals surface area contributed by atoms with Gasteiger partial charge in [-0.2, -0.15) is 0 Å². The van der Waals surface area contributed by atoms with Crippen LogP contribution in [0.2, 0.25) is 0 Å². The van der Waals surface area contributed by atoms with Crippen molar-refractivity contribution in [2.45, 2.75) is 25.7 Å². The lowest BCUT2D eigenvalue weighted by atomic mass is 10.00. The van der Waals surface area contributed by atoms with Crippen LogP contribution in [-0.4, -0.2) is 39.8 Å². The van der Waals surface area contributed by atoms with Crippen LogP contribution in [0.3, 0.4) is 0 Å². The Kier molecular flexibility index (Phi) is 6.52. The lowest BCUT2D eigenvalue weighted by molar-refractivity contribution is -0.125. The number of hydrogen-bond acceptors (Lipinski definition) is 4. The Morgan fingerprint density at radius 1 is 1.18 bits per heavy atom. The molecule has 5 nitrogen and oxygen atoms in total. The number of methoxy groups -OCH3 is 2. The van der Waals surface area contributed by atoms with Crippen LogP contribution in [0.15, 0.2) is 18.2 Å². The van der Waals surface area contributed by atoms with Gasteiger partial charge in [-0.05, 0) is 56.5 Å². The molecule has 1 aliphatic heterocycles. The molecule has 1 aliphatic rings. The molecule has 0 spiro atoms. The zero-order valence-corrected chi connectivity index (χ0v) is 13.5. The first-order valence-corrected chi connectivity index (χ1v) is 7.93. The summed E-state index contributed by atoms with van der Waals surface area (Å²) in [6.45, 7) is 2.59. The van der Waals surface area contributed by atoms with Crippen molar-refractivity contribution >= 4 is 5.91 Å². The summed E-state index contributed by atoms with van der Waals surface area (Å²) in [5.41, 5.74) is 1.10. The number of carbonyl (C=O) groups is 1. The molecular formula is C17H26N2O3. The number of hydrogen-bond donors (Lipinski definition) is 2. The summed E-state index contributed by atoms with van der Waals surface area (Å²) in [6, 6.07) is 5.80. The van der Waals surface area contributed by atoms with Crippen molar-refractivity contribution in [2.24, 2.45) is 5.92 Å². The van der Waals surface area contributed by atoms with Crippen LogP contribution in [0.25, 0.3) is 0 Å². The lowest BCUT2D eigenvalue weighted by Crippen LogP contribution is -2.32. The largest absolute Gasteiger partial charge is 0.497 e. The second-order valence-electron chi connectivity index (χ2n) is 5.64. The molecule has 1 aromatic carbocycles. The molecule has 1 saturated heterocycles. The normalized spacial score (nSPS) is 18.4. The molecule has 1 atom stereocenters. The van der Waals surface area contributed by atoms with Gasteiger partial charge in [0.15, 0.2) is 0 Å². The zero-order valence-electron chi connectivity index (χ0n) is 13.5. The van der Waals surface area contributed by atoms with Crippen LogP contribution in [0.5, 0.6) is 11.5 Å². The first-order chi connectivity index (χ1) is 10.7. The van der Waals surface area contributed by atoms with E-state index in [1.165, 1.54) is 0 Å². The van der Waals surface area contributed by atoms with Gasteiger partial charge in [0.2, 0.25) is 5.91 Å². The maximum absolute atomic E-state index is 12.2. The Morgan fingerprint density at radius 3 is 2.59 bits per heavy atom. The van der Waals surface area contributed by atoms with E-state index in [-0.39, 0.29) is 11.8 Å². The van der Waals surface area contributed by atoms with Gasteiger partial charge in [-0.1, -0.05) is 0 Å². The van der Waals surface area contributed by atoms with Gasteiger partial charge in [0.1, 0.15) is 11.5 Å². The Bertz CT molecular complexity index is 461. The number of carbonyl (C=O) groups excluding carboxylic acids is 1. The monoisotopic (exact) mass is 306 g/mol. The van der Waals surface area contributed by atoms with E-state index >= 15 is 0 Å². The topological polar surface area (TPSA) is 59.6 Å². The van der Waals surface area contributed by atoms with Gasteiger partial charge in [0.25, 0.3) is 0 Å². The van der Waals surface area contributed by atoms with Gasteiger partial charge >= 0.3 is 0 Å². The standard InChI is InChI=1S/C17H26N2O3/c1-21-15-10-13(11-16(12-15)22-2)5-9-19-17(20)14-4-3-7-18-8-6-14/h10-12,14,18H,3-9H2,1-2H3,(H,19,20)/t14-/m0/s1. The fourth-order valence-electron chi connectivity index (χ4n) is 2.77. The van der Waals surface area contributed by atoms with Gasteiger partial charge in [0.05, 0.1) is 14.2 Å². The average Bonchev–Trinajstić information content (AvgIpc) is 2.83. The third kappa shape index (κ3) is 4.91. The number of amides is 1. The number of rotatable bonds is 6. The van der Waals surface area contributed by atoms with E-state index < -0.39 is 0 Å².